The van der Waals surface area contributed by atoms with Gasteiger partial charge in [0, 0.05) is 13.2 Å². The summed E-state index contributed by atoms with van der Waals surface area (Å²) in [7, 11) is 1.43. The Hall–Kier alpha value is -0.260. The molecule has 1 N–H and O–H groups in total. The number of carbonyl (C=O) groups excluding carboxylic acids is 1. The van der Waals surface area contributed by atoms with E-state index in [9.17, 15) is 4.79 Å². The first-order chi connectivity index (χ1) is 7.77. The molecule has 0 bridgehead atoms. The molecule has 0 aromatic heterocycles. The summed E-state index contributed by atoms with van der Waals surface area (Å²) >= 11 is 1.74. The second-order valence-corrected chi connectivity index (χ2v) is 4.89. The second kappa shape index (κ2) is 7.92. The highest BCUT2D eigenvalue weighted by atomic mass is 32.2. The molecule has 5 heteroatoms. The van der Waals surface area contributed by atoms with Crippen LogP contribution in [-0.2, 0) is 14.3 Å². The average Bonchev–Trinajstić information content (AvgIpc) is 2.81. The molecule has 0 aromatic carbocycles. The minimum absolute atomic E-state index is 0.174. The molecule has 0 saturated carbocycles. The Bertz CT molecular complexity index is 207. The smallest absolute Gasteiger partial charge is 0.322 e. The normalized spacial score (nSPS) is 22.0. The van der Waals surface area contributed by atoms with Gasteiger partial charge in [-0.3, -0.25) is 4.79 Å². The predicted octanol–water partition coefficient (Wildman–Crippen LogP) is 1.05. The summed E-state index contributed by atoms with van der Waals surface area (Å²) in [4.78, 5) is 11.5. The van der Waals surface area contributed by atoms with Crippen LogP contribution in [0.2, 0.25) is 0 Å². The molecule has 0 amide bonds. The fourth-order valence-electron chi connectivity index (χ4n) is 1.76. The lowest BCUT2D eigenvalue weighted by molar-refractivity contribution is -0.143. The fourth-order valence-corrected chi connectivity index (χ4v) is 2.23. The number of thioether (sulfide) groups is 1. The third-order valence-electron chi connectivity index (χ3n) is 2.71. The van der Waals surface area contributed by atoms with Crippen molar-refractivity contribution in [1.29, 1.82) is 0 Å². The SMILES string of the molecule is COC(=O)C(CCSC)NCC1CCCO1. The van der Waals surface area contributed by atoms with E-state index in [0.29, 0.717) is 0 Å². The summed E-state index contributed by atoms with van der Waals surface area (Å²) in [6.07, 6.45) is 5.32. The first-order valence-electron chi connectivity index (χ1n) is 5.69. The zero-order chi connectivity index (χ0) is 11.8. The summed E-state index contributed by atoms with van der Waals surface area (Å²) in [6, 6.07) is -0.193. The van der Waals surface area contributed by atoms with Gasteiger partial charge in [0.1, 0.15) is 6.04 Å². The molecule has 16 heavy (non-hydrogen) atoms. The van der Waals surface area contributed by atoms with Crippen molar-refractivity contribution in [3.05, 3.63) is 0 Å². The van der Waals surface area contributed by atoms with Crippen LogP contribution in [0.15, 0.2) is 0 Å². The van der Waals surface area contributed by atoms with Crippen molar-refractivity contribution in [2.24, 2.45) is 0 Å². The van der Waals surface area contributed by atoms with E-state index >= 15 is 0 Å². The van der Waals surface area contributed by atoms with E-state index in [1.807, 2.05) is 6.26 Å². The Labute approximate surface area is 101 Å². The van der Waals surface area contributed by atoms with Gasteiger partial charge in [0.2, 0.25) is 0 Å². The van der Waals surface area contributed by atoms with E-state index in [1.165, 1.54) is 7.11 Å². The summed E-state index contributed by atoms with van der Waals surface area (Å²) in [5, 5.41) is 3.23. The van der Waals surface area contributed by atoms with E-state index < -0.39 is 0 Å². The maximum Gasteiger partial charge on any atom is 0.322 e. The van der Waals surface area contributed by atoms with Crippen LogP contribution in [0.25, 0.3) is 0 Å². The van der Waals surface area contributed by atoms with E-state index in [2.05, 4.69) is 5.32 Å². The van der Waals surface area contributed by atoms with Gasteiger partial charge in [-0.05, 0) is 31.3 Å². The first kappa shape index (κ1) is 13.8. The van der Waals surface area contributed by atoms with Crippen LogP contribution in [0.4, 0.5) is 0 Å². The lowest BCUT2D eigenvalue weighted by atomic mass is 10.2. The molecule has 2 unspecified atom stereocenters. The predicted molar refractivity (Wildman–Crippen MR) is 65.8 cm³/mol. The highest BCUT2D eigenvalue weighted by Crippen LogP contribution is 2.11. The molecule has 1 heterocycles. The largest absolute Gasteiger partial charge is 0.468 e. The topological polar surface area (TPSA) is 47.6 Å². The van der Waals surface area contributed by atoms with Gasteiger partial charge in [0.05, 0.1) is 13.2 Å². The minimum Gasteiger partial charge on any atom is -0.468 e. The van der Waals surface area contributed by atoms with Crippen LogP contribution in [0.5, 0.6) is 0 Å². The molecule has 0 aromatic rings. The molecule has 1 aliphatic rings. The number of hydrogen-bond acceptors (Lipinski definition) is 5. The third-order valence-corrected chi connectivity index (χ3v) is 3.36. The Morgan fingerprint density at radius 2 is 2.50 bits per heavy atom. The van der Waals surface area contributed by atoms with Crippen molar-refractivity contribution >= 4 is 17.7 Å². The van der Waals surface area contributed by atoms with E-state index in [4.69, 9.17) is 9.47 Å². The number of ether oxygens (including phenoxy) is 2. The zero-order valence-corrected chi connectivity index (χ0v) is 10.8. The van der Waals surface area contributed by atoms with Crippen LogP contribution in [-0.4, -0.2) is 50.4 Å². The van der Waals surface area contributed by atoms with Gasteiger partial charge in [0.15, 0.2) is 0 Å². The molecule has 0 spiro atoms. The molecule has 4 nitrogen and oxygen atoms in total. The van der Waals surface area contributed by atoms with Gasteiger partial charge < -0.3 is 14.8 Å². The molecule has 1 saturated heterocycles. The molecule has 94 valence electrons. The standard InChI is InChI=1S/C11H21NO3S/c1-14-11(13)10(5-7-16-2)12-8-9-4-3-6-15-9/h9-10,12H,3-8H2,1-2H3. The molecule has 2 atom stereocenters. The molecular formula is C11H21NO3S. The van der Waals surface area contributed by atoms with Gasteiger partial charge in [-0.1, -0.05) is 0 Å². The Morgan fingerprint density at radius 1 is 1.69 bits per heavy atom. The number of carbonyl (C=O) groups is 1. The van der Waals surface area contributed by atoms with Gasteiger partial charge in [-0.25, -0.2) is 0 Å². The zero-order valence-electron chi connectivity index (χ0n) is 10.0. The monoisotopic (exact) mass is 247 g/mol. The molecule has 0 aliphatic carbocycles. The highest BCUT2D eigenvalue weighted by molar-refractivity contribution is 7.98. The maximum absolute atomic E-state index is 11.5. The van der Waals surface area contributed by atoms with Crippen LogP contribution < -0.4 is 5.32 Å². The third kappa shape index (κ3) is 4.72. The van der Waals surface area contributed by atoms with Crippen LogP contribution in [0.3, 0.4) is 0 Å². The Morgan fingerprint density at radius 3 is 3.06 bits per heavy atom. The van der Waals surface area contributed by atoms with Gasteiger partial charge in [0.25, 0.3) is 0 Å². The molecule has 1 aliphatic heterocycles. The van der Waals surface area contributed by atoms with E-state index in [0.717, 1.165) is 38.2 Å². The number of rotatable bonds is 7. The number of methoxy groups -OCH3 is 1. The Kier molecular flexibility index (Phi) is 6.84. The highest BCUT2D eigenvalue weighted by Gasteiger charge is 2.21. The minimum atomic E-state index is -0.193. The average molecular weight is 247 g/mol. The van der Waals surface area contributed by atoms with Gasteiger partial charge in [-0.15, -0.1) is 0 Å². The van der Waals surface area contributed by atoms with Crippen molar-refractivity contribution in [2.75, 3.05) is 32.3 Å². The van der Waals surface area contributed by atoms with Crippen molar-refractivity contribution in [2.45, 2.75) is 31.4 Å². The summed E-state index contributed by atoms with van der Waals surface area (Å²) in [6.45, 7) is 1.59. The molecule has 1 rings (SSSR count). The Balaban J connectivity index is 2.27. The van der Waals surface area contributed by atoms with Crippen molar-refractivity contribution < 1.29 is 14.3 Å². The number of esters is 1. The second-order valence-electron chi connectivity index (χ2n) is 3.90. The maximum atomic E-state index is 11.5. The summed E-state index contributed by atoms with van der Waals surface area (Å²) in [5.41, 5.74) is 0. The van der Waals surface area contributed by atoms with Crippen LogP contribution >= 0.6 is 11.8 Å². The van der Waals surface area contributed by atoms with E-state index in [-0.39, 0.29) is 18.1 Å². The lowest BCUT2D eigenvalue weighted by Gasteiger charge is -2.18. The summed E-state index contributed by atoms with van der Waals surface area (Å²) < 4.78 is 10.3. The van der Waals surface area contributed by atoms with Crippen LogP contribution in [0.1, 0.15) is 19.3 Å². The van der Waals surface area contributed by atoms with Gasteiger partial charge >= 0.3 is 5.97 Å². The lowest BCUT2D eigenvalue weighted by Crippen LogP contribution is -2.41. The van der Waals surface area contributed by atoms with E-state index in [1.54, 1.807) is 11.8 Å². The summed E-state index contributed by atoms with van der Waals surface area (Å²) in [5.74, 6) is 0.783. The van der Waals surface area contributed by atoms with Crippen molar-refractivity contribution in [1.82, 2.24) is 5.32 Å². The first-order valence-corrected chi connectivity index (χ1v) is 7.09. The van der Waals surface area contributed by atoms with Crippen LogP contribution in [0, 0.1) is 0 Å². The molecular weight excluding hydrogens is 226 g/mol. The molecule has 1 fully saturated rings. The van der Waals surface area contributed by atoms with Crippen molar-refractivity contribution in [3.8, 4) is 0 Å². The fraction of sp³-hybridized carbons (Fsp3) is 0.909. The number of nitrogens with one attached hydrogen (secondary N) is 1. The van der Waals surface area contributed by atoms with Crippen molar-refractivity contribution in [3.63, 3.8) is 0 Å². The number of hydrogen-bond donors (Lipinski definition) is 1. The molecule has 0 radical (unpaired) electrons. The van der Waals surface area contributed by atoms with Gasteiger partial charge in [-0.2, -0.15) is 11.8 Å². The quantitative estimate of drug-likeness (QED) is 0.681.